The molecule has 1 amide bonds. The minimum absolute atomic E-state index is 0.0453. The van der Waals surface area contributed by atoms with Crippen LogP contribution >= 0.6 is 15.9 Å². The Morgan fingerprint density at radius 2 is 2.19 bits per heavy atom. The molecule has 0 aliphatic heterocycles. The normalized spacial score (nSPS) is 23.6. The van der Waals surface area contributed by atoms with Crippen LogP contribution in [0.1, 0.15) is 30.1 Å². The average Bonchev–Trinajstić information content (AvgIpc) is 2.19. The van der Waals surface area contributed by atoms with Crippen LogP contribution in [0.4, 0.5) is 5.69 Å². The molecule has 0 spiro atoms. The van der Waals surface area contributed by atoms with Crippen molar-refractivity contribution in [1.82, 2.24) is 5.32 Å². The molecule has 1 aromatic rings. The Balaban J connectivity index is 2.05. The number of nitrogen functional groups attached to an aromatic ring is 1. The van der Waals surface area contributed by atoms with E-state index in [1.807, 2.05) is 0 Å². The van der Waals surface area contributed by atoms with E-state index in [2.05, 4.69) is 28.2 Å². The van der Waals surface area contributed by atoms with Gasteiger partial charge in [0.15, 0.2) is 0 Å². The molecule has 86 valence electrons. The predicted molar refractivity (Wildman–Crippen MR) is 68.2 cm³/mol. The van der Waals surface area contributed by atoms with Gasteiger partial charge in [0.25, 0.3) is 5.91 Å². The standard InChI is InChI=1S/C12H15BrN2O/c1-7-4-9(5-7)15-12(16)10-6-8(14)2-3-11(10)13/h2-3,6-7,9H,4-5,14H2,1H3,(H,15,16). The second-order valence-corrected chi connectivity index (χ2v) is 5.34. The monoisotopic (exact) mass is 282 g/mol. The summed E-state index contributed by atoms with van der Waals surface area (Å²) in [5.41, 5.74) is 6.88. The van der Waals surface area contributed by atoms with Gasteiger partial charge in [0, 0.05) is 16.2 Å². The highest BCUT2D eigenvalue weighted by molar-refractivity contribution is 9.10. The SMILES string of the molecule is CC1CC(NC(=O)c2cc(N)ccc2Br)C1. The van der Waals surface area contributed by atoms with Crippen LogP contribution in [-0.4, -0.2) is 11.9 Å². The van der Waals surface area contributed by atoms with Crippen LogP contribution in [0.3, 0.4) is 0 Å². The summed E-state index contributed by atoms with van der Waals surface area (Å²) in [5, 5.41) is 3.01. The van der Waals surface area contributed by atoms with Gasteiger partial charge in [-0.05, 0) is 52.9 Å². The summed E-state index contributed by atoms with van der Waals surface area (Å²) in [6.07, 6.45) is 2.15. The van der Waals surface area contributed by atoms with Gasteiger partial charge in [0.1, 0.15) is 0 Å². The lowest BCUT2D eigenvalue weighted by Crippen LogP contribution is -2.43. The van der Waals surface area contributed by atoms with E-state index in [0.29, 0.717) is 17.3 Å². The van der Waals surface area contributed by atoms with Crippen LogP contribution in [-0.2, 0) is 0 Å². The predicted octanol–water partition coefficient (Wildman–Crippen LogP) is 2.56. The molecule has 3 N–H and O–H groups in total. The number of carbonyl (C=O) groups excluding carboxylic acids is 1. The van der Waals surface area contributed by atoms with Gasteiger partial charge in [-0.25, -0.2) is 0 Å². The molecule has 1 fully saturated rings. The van der Waals surface area contributed by atoms with Crippen molar-refractivity contribution in [2.45, 2.75) is 25.8 Å². The molecule has 1 saturated carbocycles. The summed E-state index contributed by atoms with van der Waals surface area (Å²) in [6.45, 7) is 2.19. The van der Waals surface area contributed by atoms with Crippen molar-refractivity contribution in [3.05, 3.63) is 28.2 Å². The number of hydrogen-bond acceptors (Lipinski definition) is 2. The Hall–Kier alpha value is -1.03. The van der Waals surface area contributed by atoms with Crippen molar-refractivity contribution in [1.29, 1.82) is 0 Å². The number of nitrogens with two attached hydrogens (primary N) is 1. The van der Waals surface area contributed by atoms with Gasteiger partial charge in [-0.2, -0.15) is 0 Å². The van der Waals surface area contributed by atoms with Crippen molar-refractivity contribution in [2.24, 2.45) is 5.92 Å². The third-order valence-corrected chi connectivity index (χ3v) is 3.64. The van der Waals surface area contributed by atoms with Crippen LogP contribution in [0, 0.1) is 5.92 Å². The van der Waals surface area contributed by atoms with E-state index < -0.39 is 0 Å². The van der Waals surface area contributed by atoms with Gasteiger partial charge < -0.3 is 11.1 Å². The molecular formula is C12H15BrN2O. The lowest BCUT2D eigenvalue weighted by Gasteiger charge is -2.33. The molecule has 0 aromatic heterocycles. The first kappa shape index (κ1) is 11.5. The molecule has 0 unspecified atom stereocenters. The van der Waals surface area contributed by atoms with Gasteiger partial charge in [0.2, 0.25) is 0 Å². The molecule has 1 aromatic carbocycles. The number of amides is 1. The highest BCUT2D eigenvalue weighted by Gasteiger charge is 2.27. The van der Waals surface area contributed by atoms with E-state index in [0.717, 1.165) is 23.2 Å². The minimum atomic E-state index is -0.0453. The lowest BCUT2D eigenvalue weighted by atomic mass is 9.82. The van der Waals surface area contributed by atoms with Crippen molar-refractivity contribution in [3.63, 3.8) is 0 Å². The number of nitrogens with one attached hydrogen (secondary N) is 1. The second-order valence-electron chi connectivity index (χ2n) is 4.49. The molecule has 0 bridgehead atoms. The second kappa shape index (κ2) is 4.45. The summed E-state index contributed by atoms with van der Waals surface area (Å²) >= 11 is 3.36. The largest absolute Gasteiger partial charge is 0.399 e. The third kappa shape index (κ3) is 2.38. The quantitative estimate of drug-likeness (QED) is 0.820. The maximum atomic E-state index is 11.9. The number of rotatable bonds is 2. The molecule has 0 atom stereocenters. The topological polar surface area (TPSA) is 55.1 Å². The molecule has 4 heteroatoms. The van der Waals surface area contributed by atoms with E-state index in [1.54, 1.807) is 18.2 Å². The van der Waals surface area contributed by atoms with Crippen LogP contribution < -0.4 is 11.1 Å². The number of carbonyl (C=O) groups is 1. The van der Waals surface area contributed by atoms with E-state index in [-0.39, 0.29) is 5.91 Å². The van der Waals surface area contributed by atoms with Crippen LogP contribution in [0.25, 0.3) is 0 Å². The molecule has 16 heavy (non-hydrogen) atoms. The van der Waals surface area contributed by atoms with Crippen LogP contribution in [0.2, 0.25) is 0 Å². The van der Waals surface area contributed by atoms with Gasteiger partial charge in [-0.1, -0.05) is 6.92 Å². The van der Waals surface area contributed by atoms with Crippen molar-refractivity contribution < 1.29 is 4.79 Å². The van der Waals surface area contributed by atoms with Gasteiger partial charge >= 0.3 is 0 Å². The van der Waals surface area contributed by atoms with E-state index >= 15 is 0 Å². The van der Waals surface area contributed by atoms with Crippen molar-refractivity contribution >= 4 is 27.5 Å². The maximum Gasteiger partial charge on any atom is 0.252 e. The molecular weight excluding hydrogens is 268 g/mol. The summed E-state index contributed by atoms with van der Waals surface area (Å²) in [5.74, 6) is 0.686. The van der Waals surface area contributed by atoms with Gasteiger partial charge in [0.05, 0.1) is 5.56 Å². The summed E-state index contributed by atoms with van der Waals surface area (Å²) < 4.78 is 0.784. The molecule has 0 heterocycles. The highest BCUT2D eigenvalue weighted by atomic mass is 79.9. The van der Waals surface area contributed by atoms with Crippen LogP contribution in [0.5, 0.6) is 0 Å². The molecule has 1 aliphatic rings. The number of halogens is 1. The summed E-state index contributed by atoms with van der Waals surface area (Å²) in [6, 6.07) is 5.59. The van der Waals surface area contributed by atoms with Gasteiger partial charge in [-0.3, -0.25) is 4.79 Å². The smallest absolute Gasteiger partial charge is 0.252 e. The fourth-order valence-corrected chi connectivity index (χ4v) is 2.43. The Bertz CT molecular complexity index is 413. The zero-order valence-electron chi connectivity index (χ0n) is 9.16. The zero-order valence-corrected chi connectivity index (χ0v) is 10.8. The van der Waals surface area contributed by atoms with Gasteiger partial charge in [-0.15, -0.1) is 0 Å². The van der Waals surface area contributed by atoms with Crippen molar-refractivity contribution in [2.75, 3.05) is 5.73 Å². The molecule has 0 saturated heterocycles. The minimum Gasteiger partial charge on any atom is -0.399 e. The average molecular weight is 283 g/mol. The van der Waals surface area contributed by atoms with Crippen LogP contribution in [0.15, 0.2) is 22.7 Å². The molecule has 2 rings (SSSR count). The lowest BCUT2D eigenvalue weighted by molar-refractivity contribution is 0.0895. The highest BCUT2D eigenvalue weighted by Crippen LogP contribution is 2.27. The molecule has 1 aliphatic carbocycles. The summed E-state index contributed by atoms with van der Waals surface area (Å²) in [4.78, 5) is 11.9. The Morgan fingerprint density at radius 3 is 2.81 bits per heavy atom. The Morgan fingerprint density at radius 1 is 1.50 bits per heavy atom. The van der Waals surface area contributed by atoms with E-state index in [9.17, 15) is 4.79 Å². The first-order valence-corrected chi connectivity index (χ1v) is 6.21. The molecule has 0 radical (unpaired) electrons. The third-order valence-electron chi connectivity index (χ3n) is 2.94. The fourth-order valence-electron chi connectivity index (χ4n) is 2.00. The number of anilines is 1. The molecule has 3 nitrogen and oxygen atoms in total. The maximum absolute atomic E-state index is 11.9. The first-order chi connectivity index (χ1) is 7.56. The Labute approximate surface area is 104 Å². The van der Waals surface area contributed by atoms with Crippen molar-refractivity contribution in [3.8, 4) is 0 Å². The van der Waals surface area contributed by atoms with E-state index in [4.69, 9.17) is 5.73 Å². The summed E-state index contributed by atoms with van der Waals surface area (Å²) in [7, 11) is 0. The zero-order chi connectivity index (χ0) is 11.7. The number of hydrogen-bond donors (Lipinski definition) is 2. The fraction of sp³-hybridized carbons (Fsp3) is 0.417. The van der Waals surface area contributed by atoms with E-state index in [1.165, 1.54) is 0 Å². The number of benzene rings is 1. The Kier molecular flexibility index (Phi) is 3.19. The first-order valence-electron chi connectivity index (χ1n) is 5.42.